The van der Waals surface area contributed by atoms with E-state index >= 15 is 0 Å². The molecule has 0 spiro atoms. The van der Waals surface area contributed by atoms with Gasteiger partial charge in [-0.25, -0.2) is 0 Å². The molecule has 0 atom stereocenters. The van der Waals surface area contributed by atoms with E-state index in [0.717, 1.165) is 29.5 Å². The number of allylic oxidation sites excluding steroid dienone is 2. The van der Waals surface area contributed by atoms with E-state index in [2.05, 4.69) is 13.2 Å². The normalized spacial score (nSPS) is 10.2. The van der Waals surface area contributed by atoms with Gasteiger partial charge in [0, 0.05) is 6.61 Å². The number of aliphatic hydroxyl groups is 1. The molecule has 1 rings (SSSR count). The van der Waals surface area contributed by atoms with E-state index in [9.17, 15) is 5.11 Å². The van der Waals surface area contributed by atoms with Gasteiger partial charge in [0.1, 0.15) is 5.75 Å². The number of aryl methyl sites for hydroxylation is 1. The molecule has 0 fully saturated rings. The molecule has 2 nitrogen and oxygen atoms in total. The van der Waals surface area contributed by atoms with Crippen LogP contribution in [0.4, 0.5) is 0 Å². The van der Waals surface area contributed by atoms with Crippen molar-refractivity contribution < 1.29 is 10.2 Å². The summed E-state index contributed by atoms with van der Waals surface area (Å²) >= 11 is 0. The third-order valence-electron chi connectivity index (χ3n) is 2.68. The third-order valence-corrected chi connectivity index (χ3v) is 2.68. The number of hydrogen-bond acceptors (Lipinski definition) is 2. The number of rotatable bonds is 7. The zero-order valence-electron chi connectivity index (χ0n) is 10.2. The number of hydrogen-bond donors (Lipinski definition) is 2. The summed E-state index contributed by atoms with van der Waals surface area (Å²) in [5.41, 5.74) is 2.94. The summed E-state index contributed by atoms with van der Waals surface area (Å²) in [5, 5.41) is 18.9. The molecule has 0 aliphatic rings. The fourth-order valence-corrected chi connectivity index (χ4v) is 1.88. The second-order valence-corrected chi connectivity index (χ2v) is 4.08. The Hall–Kier alpha value is -1.54. The van der Waals surface area contributed by atoms with Gasteiger partial charge in [-0.05, 0) is 42.4 Å². The maximum Gasteiger partial charge on any atom is 0.122 e. The van der Waals surface area contributed by atoms with E-state index in [1.54, 1.807) is 12.2 Å². The monoisotopic (exact) mass is 232 g/mol. The number of aromatic hydroxyl groups is 1. The van der Waals surface area contributed by atoms with E-state index in [1.807, 2.05) is 12.1 Å². The van der Waals surface area contributed by atoms with Crippen molar-refractivity contribution in [3.63, 3.8) is 0 Å². The Labute approximate surface area is 103 Å². The van der Waals surface area contributed by atoms with Crippen LogP contribution in [0.1, 0.15) is 23.1 Å². The van der Waals surface area contributed by atoms with Gasteiger partial charge >= 0.3 is 0 Å². The Balaban J connectivity index is 3.06. The van der Waals surface area contributed by atoms with Gasteiger partial charge in [0.05, 0.1) is 0 Å². The summed E-state index contributed by atoms with van der Waals surface area (Å²) < 4.78 is 0. The van der Waals surface area contributed by atoms with E-state index in [1.165, 1.54) is 0 Å². The minimum atomic E-state index is 0.189. The summed E-state index contributed by atoms with van der Waals surface area (Å²) in [6, 6.07) is 3.97. The molecule has 0 aliphatic carbocycles. The van der Waals surface area contributed by atoms with Crippen LogP contribution < -0.4 is 0 Å². The topological polar surface area (TPSA) is 40.5 Å². The molecule has 2 N–H and O–H groups in total. The van der Waals surface area contributed by atoms with Crippen LogP contribution in [0.3, 0.4) is 0 Å². The molecule has 2 heteroatoms. The van der Waals surface area contributed by atoms with Gasteiger partial charge in [-0.15, -0.1) is 13.2 Å². The molecule has 0 saturated heterocycles. The first-order valence-corrected chi connectivity index (χ1v) is 5.89. The maximum atomic E-state index is 10.1. The molecule has 0 radical (unpaired) electrons. The predicted molar refractivity (Wildman–Crippen MR) is 71.3 cm³/mol. The highest BCUT2D eigenvalue weighted by Crippen LogP contribution is 2.26. The lowest BCUT2D eigenvalue weighted by Gasteiger charge is -2.11. The lowest BCUT2D eigenvalue weighted by atomic mass is 9.97. The Kier molecular flexibility index (Phi) is 5.50. The molecule has 92 valence electrons. The first kappa shape index (κ1) is 13.5. The number of phenols is 1. The standard InChI is InChI=1S/C15H20O2/c1-3-6-13-10-12(8-5-9-16)11-14(7-4-2)15(13)17/h3-4,10-11,16-17H,1-2,5-9H2. The molecule has 0 unspecified atom stereocenters. The molecular formula is C15H20O2. The van der Waals surface area contributed by atoms with Crippen LogP contribution in [0.2, 0.25) is 0 Å². The van der Waals surface area contributed by atoms with Crippen LogP contribution in [0.15, 0.2) is 37.4 Å². The molecule has 0 bridgehead atoms. The Morgan fingerprint density at radius 3 is 2.00 bits per heavy atom. The van der Waals surface area contributed by atoms with Crippen molar-refractivity contribution in [3.05, 3.63) is 54.1 Å². The largest absolute Gasteiger partial charge is 0.507 e. The van der Waals surface area contributed by atoms with E-state index in [4.69, 9.17) is 5.11 Å². The molecule has 1 aromatic rings. The van der Waals surface area contributed by atoms with E-state index < -0.39 is 0 Å². The molecule has 0 heterocycles. The minimum Gasteiger partial charge on any atom is -0.507 e. The van der Waals surface area contributed by atoms with Crippen molar-refractivity contribution in [2.75, 3.05) is 6.61 Å². The maximum absolute atomic E-state index is 10.1. The molecule has 1 aromatic carbocycles. The first-order chi connectivity index (χ1) is 8.22. The second-order valence-electron chi connectivity index (χ2n) is 4.08. The van der Waals surface area contributed by atoms with Gasteiger partial charge in [0.25, 0.3) is 0 Å². The van der Waals surface area contributed by atoms with Crippen LogP contribution >= 0.6 is 0 Å². The minimum absolute atomic E-state index is 0.189. The molecular weight excluding hydrogens is 212 g/mol. The van der Waals surface area contributed by atoms with E-state index in [-0.39, 0.29) is 6.61 Å². The highest BCUT2D eigenvalue weighted by atomic mass is 16.3. The van der Waals surface area contributed by atoms with Gasteiger partial charge in [-0.1, -0.05) is 24.3 Å². The lowest BCUT2D eigenvalue weighted by molar-refractivity contribution is 0.288. The zero-order valence-corrected chi connectivity index (χ0v) is 10.2. The SMILES string of the molecule is C=CCc1cc(CCCO)cc(CC=C)c1O. The fraction of sp³-hybridized carbons (Fsp3) is 0.333. The molecule has 17 heavy (non-hydrogen) atoms. The van der Waals surface area contributed by atoms with Crippen molar-refractivity contribution in [1.29, 1.82) is 0 Å². The van der Waals surface area contributed by atoms with E-state index in [0.29, 0.717) is 18.6 Å². The highest BCUT2D eigenvalue weighted by Gasteiger charge is 2.08. The number of aliphatic hydroxyl groups excluding tert-OH is 1. The van der Waals surface area contributed by atoms with Crippen molar-refractivity contribution in [2.24, 2.45) is 0 Å². The molecule has 0 aromatic heterocycles. The van der Waals surface area contributed by atoms with Gasteiger partial charge in [0.2, 0.25) is 0 Å². The summed E-state index contributed by atoms with van der Waals surface area (Å²) in [7, 11) is 0. The first-order valence-electron chi connectivity index (χ1n) is 5.89. The van der Waals surface area contributed by atoms with Crippen LogP contribution in [0.25, 0.3) is 0 Å². The molecule has 0 saturated carbocycles. The smallest absolute Gasteiger partial charge is 0.122 e. The van der Waals surface area contributed by atoms with Crippen molar-refractivity contribution in [2.45, 2.75) is 25.7 Å². The van der Waals surface area contributed by atoms with Gasteiger partial charge < -0.3 is 10.2 Å². The fourth-order valence-electron chi connectivity index (χ4n) is 1.88. The quantitative estimate of drug-likeness (QED) is 0.710. The van der Waals surface area contributed by atoms with Gasteiger partial charge in [-0.3, -0.25) is 0 Å². The molecule has 0 amide bonds. The molecule has 0 aliphatic heterocycles. The van der Waals surface area contributed by atoms with Crippen LogP contribution in [-0.4, -0.2) is 16.8 Å². The Bertz CT molecular complexity index is 363. The Morgan fingerprint density at radius 1 is 1.06 bits per heavy atom. The lowest BCUT2D eigenvalue weighted by Crippen LogP contribution is -1.96. The van der Waals surface area contributed by atoms with Crippen molar-refractivity contribution >= 4 is 0 Å². The summed E-state index contributed by atoms with van der Waals surface area (Å²) in [6.45, 7) is 7.58. The Morgan fingerprint density at radius 2 is 1.59 bits per heavy atom. The number of benzene rings is 1. The second kappa shape index (κ2) is 6.92. The van der Waals surface area contributed by atoms with Gasteiger partial charge in [-0.2, -0.15) is 0 Å². The highest BCUT2D eigenvalue weighted by molar-refractivity contribution is 5.45. The average Bonchev–Trinajstić information content (AvgIpc) is 2.32. The summed E-state index contributed by atoms with van der Waals surface area (Å²) in [6.07, 6.45) is 6.44. The summed E-state index contributed by atoms with van der Waals surface area (Å²) in [5.74, 6) is 0.345. The average molecular weight is 232 g/mol. The summed E-state index contributed by atoms with van der Waals surface area (Å²) in [4.78, 5) is 0. The van der Waals surface area contributed by atoms with Gasteiger partial charge in [0.15, 0.2) is 0 Å². The van der Waals surface area contributed by atoms with Crippen molar-refractivity contribution in [3.8, 4) is 5.75 Å². The zero-order chi connectivity index (χ0) is 12.7. The van der Waals surface area contributed by atoms with Crippen LogP contribution in [-0.2, 0) is 19.3 Å². The predicted octanol–water partition coefficient (Wildman–Crippen LogP) is 2.77. The van der Waals surface area contributed by atoms with Crippen molar-refractivity contribution in [1.82, 2.24) is 0 Å². The number of phenolic OH excluding ortho intramolecular Hbond substituents is 1. The third kappa shape index (κ3) is 3.75. The van der Waals surface area contributed by atoms with Crippen LogP contribution in [0, 0.1) is 0 Å². The van der Waals surface area contributed by atoms with Crippen LogP contribution in [0.5, 0.6) is 5.75 Å².